The van der Waals surface area contributed by atoms with Crippen LogP contribution in [-0.2, 0) is 18.3 Å². The number of aromatic nitrogens is 1. The fourth-order valence-corrected chi connectivity index (χ4v) is 5.32. The molecule has 1 unspecified atom stereocenters. The van der Waals surface area contributed by atoms with Crippen molar-refractivity contribution in [2.45, 2.75) is 57.2 Å². The second-order valence-corrected chi connectivity index (χ2v) is 10.4. The Balaban J connectivity index is 1.73. The zero-order valence-corrected chi connectivity index (χ0v) is 20.1. The number of aromatic amines is 1. The highest BCUT2D eigenvalue weighted by Gasteiger charge is 2.56. The van der Waals surface area contributed by atoms with Crippen molar-refractivity contribution >= 4 is 26.8 Å². The lowest BCUT2D eigenvalue weighted by molar-refractivity contribution is -0.266. The molecule has 1 aromatic heterocycles. The van der Waals surface area contributed by atoms with Crippen molar-refractivity contribution in [2.75, 3.05) is 6.61 Å². The van der Waals surface area contributed by atoms with Crippen molar-refractivity contribution in [3.8, 4) is 11.8 Å². The van der Waals surface area contributed by atoms with Crippen molar-refractivity contribution in [1.29, 1.82) is 5.26 Å². The smallest absolute Gasteiger partial charge is 0.417 e. The molecule has 8 heteroatoms. The number of rotatable bonds is 5. The van der Waals surface area contributed by atoms with Crippen molar-refractivity contribution in [3.05, 3.63) is 62.8 Å². The van der Waals surface area contributed by atoms with Gasteiger partial charge in [0.25, 0.3) is 0 Å². The standard InChI is InChI=1S/C25H24BrF3N2O2/c1-14-6-15(12-30)7-21-19(14)10-18(31-21)11-24(32,25(27,28)29)13-23(2,3)20-9-17(26)8-16-4-5-33-22(16)20/h6-10,31-32H,4-5,11,13H2,1-3H3. The molecule has 1 atom stereocenters. The van der Waals surface area contributed by atoms with Crippen LogP contribution in [0.25, 0.3) is 10.9 Å². The zero-order valence-electron chi connectivity index (χ0n) is 18.5. The van der Waals surface area contributed by atoms with E-state index in [1.54, 1.807) is 45.0 Å². The van der Waals surface area contributed by atoms with Gasteiger partial charge in [-0.15, -0.1) is 0 Å². The van der Waals surface area contributed by atoms with Gasteiger partial charge in [0.1, 0.15) is 5.75 Å². The Labute approximate surface area is 198 Å². The molecule has 0 saturated heterocycles. The first kappa shape index (κ1) is 23.7. The fourth-order valence-electron chi connectivity index (χ4n) is 4.81. The first-order valence-corrected chi connectivity index (χ1v) is 11.4. The molecule has 1 aliphatic rings. The van der Waals surface area contributed by atoms with Crippen molar-refractivity contribution in [3.63, 3.8) is 0 Å². The van der Waals surface area contributed by atoms with Gasteiger partial charge >= 0.3 is 6.18 Å². The monoisotopic (exact) mass is 520 g/mol. The molecule has 2 aromatic carbocycles. The first-order valence-electron chi connectivity index (χ1n) is 10.6. The molecule has 0 spiro atoms. The van der Waals surface area contributed by atoms with Crippen molar-refractivity contribution in [1.82, 2.24) is 4.98 Å². The molecular weight excluding hydrogens is 497 g/mol. The summed E-state index contributed by atoms with van der Waals surface area (Å²) in [6.07, 6.45) is -5.34. The van der Waals surface area contributed by atoms with Crippen LogP contribution in [0.15, 0.2) is 34.8 Å². The second-order valence-electron chi connectivity index (χ2n) is 9.47. The minimum atomic E-state index is -4.86. The Bertz CT molecular complexity index is 1270. The molecule has 1 aliphatic heterocycles. The highest BCUT2D eigenvalue weighted by atomic mass is 79.9. The number of halogens is 4. The molecular formula is C25H24BrF3N2O2. The van der Waals surface area contributed by atoms with Gasteiger partial charge in [-0.1, -0.05) is 29.8 Å². The predicted molar refractivity (Wildman–Crippen MR) is 123 cm³/mol. The highest BCUT2D eigenvalue weighted by molar-refractivity contribution is 9.10. The van der Waals surface area contributed by atoms with Gasteiger partial charge in [-0.2, -0.15) is 18.4 Å². The normalized spacial score (nSPS) is 15.7. The number of aliphatic hydroxyl groups is 1. The summed E-state index contributed by atoms with van der Waals surface area (Å²) in [7, 11) is 0. The number of hydrogen-bond acceptors (Lipinski definition) is 3. The molecule has 0 amide bonds. The summed E-state index contributed by atoms with van der Waals surface area (Å²) in [5, 5.41) is 21.0. The zero-order chi connectivity index (χ0) is 24.2. The maximum atomic E-state index is 14.3. The van der Waals surface area contributed by atoms with E-state index in [2.05, 4.69) is 27.0 Å². The Morgan fingerprint density at radius 3 is 2.58 bits per heavy atom. The molecule has 4 rings (SSSR count). The van der Waals surface area contributed by atoms with Gasteiger partial charge in [0, 0.05) is 39.5 Å². The largest absolute Gasteiger partial charge is 0.493 e. The maximum absolute atomic E-state index is 14.3. The van der Waals surface area contributed by atoms with E-state index in [1.165, 1.54) is 0 Å². The van der Waals surface area contributed by atoms with E-state index < -0.39 is 30.0 Å². The molecule has 174 valence electrons. The Morgan fingerprint density at radius 1 is 1.18 bits per heavy atom. The molecule has 0 radical (unpaired) electrons. The number of ether oxygens (including phenoxy) is 1. The van der Waals surface area contributed by atoms with Crippen LogP contribution >= 0.6 is 15.9 Å². The third-order valence-electron chi connectivity index (χ3n) is 6.35. The summed E-state index contributed by atoms with van der Waals surface area (Å²) in [4.78, 5) is 2.97. The maximum Gasteiger partial charge on any atom is 0.417 e. The van der Waals surface area contributed by atoms with Gasteiger partial charge in [0.2, 0.25) is 0 Å². The number of nitrogens with zero attached hydrogens (tertiary/aromatic N) is 1. The van der Waals surface area contributed by atoms with Gasteiger partial charge in [0.15, 0.2) is 5.60 Å². The number of benzene rings is 2. The SMILES string of the molecule is Cc1cc(C#N)cc2[nH]c(CC(O)(CC(C)(C)c3cc(Br)cc4c3OCC4)C(F)(F)F)cc12. The molecule has 0 aliphatic carbocycles. The Morgan fingerprint density at radius 2 is 1.91 bits per heavy atom. The molecule has 33 heavy (non-hydrogen) atoms. The predicted octanol–water partition coefficient (Wildman–Crippen LogP) is 6.25. The molecule has 0 fully saturated rings. The minimum Gasteiger partial charge on any atom is -0.493 e. The third-order valence-corrected chi connectivity index (χ3v) is 6.81. The summed E-state index contributed by atoms with van der Waals surface area (Å²) >= 11 is 3.45. The lowest BCUT2D eigenvalue weighted by Gasteiger charge is -2.38. The molecule has 0 bridgehead atoms. The van der Waals surface area contributed by atoms with Crippen LogP contribution in [0.1, 0.15) is 48.2 Å². The van der Waals surface area contributed by atoms with Gasteiger partial charge in [-0.3, -0.25) is 0 Å². The van der Waals surface area contributed by atoms with Crippen LogP contribution in [0.2, 0.25) is 0 Å². The molecule has 4 nitrogen and oxygen atoms in total. The van der Waals surface area contributed by atoms with E-state index in [9.17, 15) is 23.5 Å². The van der Waals surface area contributed by atoms with Crippen LogP contribution < -0.4 is 4.74 Å². The van der Waals surface area contributed by atoms with Crippen LogP contribution in [0, 0.1) is 18.3 Å². The average Bonchev–Trinajstić information content (AvgIpc) is 3.32. The summed E-state index contributed by atoms with van der Waals surface area (Å²) in [6.45, 7) is 5.68. The number of H-pyrrole nitrogens is 1. The third kappa shape index (κ3) is 4.36. The van der Waals surface area contributed by atoms with Crippen molar-refractivity contribution < 1.29 is 23.0 Å². The second kappa shape index (κ2) is 8.07. The first-order chi connectivity index (χ1) is 15.3. The lowest BCUT2D eigenvalue weighted by atomic mass is 9.73. The summed E-state index contributed by atoms with van der Waals surface area (Å²) in [5.41, 5.74) is -0.387. The van der Waals surface area contributed by atoms with E-state index in [0.29, 0.717) is 35.4 Å². The van der Waals surface area contributed by atoms with Crippen LogP contribution in [0.5, 0.6) is 5.75 Å². The number of fused-ring (bicyclic) bond motifs is 2. The molecule has 2 N–H and O–H groups in total. The van der Waals surface area contributed by atoms with Crippen LogP contribution in [-0.4, -0.2) is 28.5 Å². The van der Waals surface area contributed by atoms with Crippen LogP contribution in [0.3, 0.4) is 0 Å². The van der Waals surface area contributed by atoms with E-state index in [1.807, 2.05) is 6.07 Å². The number of aryl methyl sites for hydroxylation is 1. The minimum absolute atomic E-state index is 0.259. The van der Waals surface area contributed by atoms with Gasteiger partial charge in [0.05, 0.1) is 18.2 Å². The van der Waals surface area contributed by atoms with E-state index in [4.69, 9.17) is 4.74 Å². The average molecular weight is 521 g/mol. The highest BCUT2D eigenvalue weighted by Crippen LogP contribution is 2.47. The molecule has 0 saturated carbocycles. The molecule has 3 aromatic rings. The Kier molecular flexibility index (Phi) is 5.78. The number of hydrogen-bond donors (Lipinski definition) is 2. The lowest BCUT2D eigenvalue weighted by Crippen LogP contribution is -2.51. The number of nitrogens with one attached hydrogen (secondary N) is 1. The number of nitriles is 1. The van der Waals surface area contributed by atoms with Gasteiger partial charge in [-0.05, 0) is 60.2 Å². The quantitative estimate of drug-likeness (QED) is 0.417. The number of alkyl halides is 3. The topological polar surface area (TPSA) is 69.0 Å². The fraction of sp³-hybridized carbons (Fsp3) is 0.400. The van der Waals surface area contributed by atoms with Gasteiger partial charge < -0.3 is 14.8 Å². The van der Waals surface area contributed by atoms with Crippen molar-refractivity contribution in [2.24, 2.45) is 0 Å². The van der Waals surface area contributed by atoms with E-state index in [-0.39, 0.29) is 5.69 Å². The van der Waals surface area contributed by atoms with E-state index >= 15 is 0 Å². The summed E-state index contributed by atoms with van der Waals surface area (Å²) in [5.74, 6) is 0.609. The summed E-state index contributed by atoms with van der Waals surface area (Å²) < 4.78 is 49.4. The van der Waals surface area contributed by atoms with Crippen LogP contribution in [0.4, 0.5) is 13.2 Å². The summed E-state index contributed by atoms with van der Waals surface area (Å²) in [6, 6.07) is 10.7. The molecule has 2 heterocycles. The van der Waals surface area contributed by atoms with E-state index in [0.717, 1.165) is 21.0 Å². The Hall–Kier alpha value is -2.50. The van der Waals surface area contributed by atoms with Gasteiger partial charge in [-0.25, -0.2) is 0 Å².